The summed E-state index contributed by atoms with van der Waals surface area (Å²) >= 11 is 0. The zero-order valence-electron chi connectivity index (χ0n) is 15.8. The molecular formula is C19H27N5O2. The van der Waals surface area contributed by atoms with Crippen LogP contribution in [0.3, 0.4) is 0 Å². The molecule has 2 aliphatic rings. The largest absolute Gasteiger partial charge is 0.379 e. The number of hydrogen-bond donors (Lipinski definition) is 1. The summed E-state index contributed by atoms with van der Waals surface area (Å²) in [5.74, 6) is 3.02. The molecule has 0 unspecified atom stereocenters. The van der Waals surface area contributed by atoms with Crippen LogP contribution >= 0.6 is 0 Å². The molecule has 2 aliphatic heterocycles. The van der Waals surface area contributed by atoms with Crippen LogP contribution in [0.1, 0.15) is 35.6 Å². The average molecular weight is 357 g/mol. The molecule has 2 atom stereocenters. The molecule has 2 saturated heterocycles. The van der Waals surface area contributed by atoms with Gasteiger partial charge in [0.2, 0.25) is 5.95 Å². The summed E-state index contributed by atoms with van der Waals surface area (Å²) in [6.07, 6.45) is 3.25. The Morgan fingerprint density at radius 1 is 1.15 bits per heavy atom. The van der Waals surface area contributed by atoms with Gasteiger partial charge in [0.05, 0.1) is 24.9 Å². The van der Waals surface area contributed by atoms with Crippen LogP contribution in [0.15, 0.2) is 10.6 Å². The van der Waals surface area contributed by atoms with Crippen molar-refractivity contribution < 1.29 is 9.26 Å². The molecule has 0 saturated carbocycles. The van der Waals surface area contributed by atoms with Crippen molar-refractivity contribution in [3.63, 3.8) is 0 Å². The zero-order valence-corrected chi connectivity index (χ0v) is 15.8. The second-order valence-corrected chi connectivity index (χ2v) is 7.46. The molecule has 4 heterocycles. The number of aryl methyl sites for hydroxylation is 2. The van der Waals surface area contributed by atoms with Crippen molar-refractivity contribution in [2.45, 2.75) is 46.1 Å². The minimum absolute atomic E-state index is 0.208. The molecule has 26 heavy (non-hydrogen) atoms. The molecule has 2 aromatic heterocycles. The van der Waals surface area contributed by atoms with Crippen LogP contribution in [0, 0.1) is 26.7 Å². The third-order valence-electron chi connectivity index (χ3n) is 5.43. The van der Waals surface area contributed by atoms with E-state index in [2.05, 4.69) is 29.2 Å². The molecule has 0 radical (unpaired) electrons. The highest BCUT2D eigenvalue weighted by atomic mass is 16.5. The molecule has 0 aromatic carbocycles. The average Bonchev–Trinajstić information content (AvgIpc) is 3.35. The van der Waals surface area contributed by atoms with Gasteiger partial charge in [-0.1, -0.05) is 5.16 Å². The van der Waals surface area contributed by atoms with Crippen molar-refractivity contribution in [3.8, 4) is 0 Å². The predicted octanol–water partition coefficient (Wildman–Crippen LogP) is 2.66. The maximum Gasteiger partial charge on any atom is 0.227 e. The molecule has 140 valence electrons. The fourth-order valence-corrected chi connectivity index (χ4v) is 3.72. The molecule has 4 rings (SSSR count). The van der Waals surface area contributed by atoms with Crippen LogP contribution in [0.2, 0.25) is 0 Å². The van der Waals surface area contributed by atoms with Gasteiger partial charge in [0.25, 0.3) is 0 Å². The van der Waals surface area contributed by atoms with E-state index in [1.807, 2.05) is 13.0 Å². The first-order valence-electron chi connectivity index (χ1n) is 9.47. The molecule has 7 nitrogen and oxygen atoms in total. The van der Waals surface area contributed by atoms with Gasteiger partial charge in [-0.15, -0.1) is 0 Å². The Kier molecular flexibility index (Phi) is 4.80. The maximum atomic E-state index is 5.74. The van der Waals surface area contributed by atoms with E-state index in [9.17, 15) is 0 Å². The van der Waals surface area contributed by atoms with Gasteiger partial charge in [0.15, 0.2) is 0 Å². The van der Waals surface area contributed by atoms with Crippen molar-refractivity contribution in [1.82, 2.24) is 15.1 Å². The SMILES string of the molecule is Cc1cc(C[C@@H]2COC[C@@H]2Nc2nc(N3CCCC3)nc(C)c2C)on1. The van der Waals surface area contributed by atoms with Crippen molar-refractivity contribution in [2.24, 2.45) is 5.92 Å². The quantitative estimate of drug-likeness (QED) is 0.881. The normalized spacial score (nSPS) is 23.0. The second kappa shape index (κ2) is 7.23. The molecule has 1 N–H and O–H groups in total. The van der Waals surface area contributed by atoms with Gasteiger partial charge in [-0.25, -0.2) is 4.98 Å². The monoisotopic (exact) mass is 357 g/mol. The van der Waals surface area contributed by atoms with Crippen molar-refractivity contribution >= 4 is 11.8 Å². The van der Waals surface area contributed by atoms with Gasteiger partial charge in [-0.3, -0.25) is 0 Å². The minimum atomic E-state index is 0.208. The molecule has 0 spiro atoms. The second-order valence-electron chi connectivity index (χ2n) is 7.46. The van der Waals surface area contributed by atoms with Crippen molar-refractivity contribution in [1.29, 1.82) is 0 Å². The number of anilines is 2. The van der Waals surface area contributed by atoms with Crippen LogP contribution in [0.4, 0.5) is 11.8 Å². The van der Waals surface area contributed by atoms with E-state index in [1.165, 1.54) is 12.8 Å². The standard InChI is InChI=1S/C19H27N5O2/c1-12-8-16(26-23-12)9-15-10-25-11-17(15)21-18-13(2)14(3)20-19(22-18)24-6-4-5-7-24/h8,15,17H,4-7,9-11H2,1-3H3,(H,20,21,22)/t15-,17+/m1/s1. The highest BCUT2D eigenvalue weighted by Crippen LogP contribution is 2.27. The summed E-state index contributed by atoms with van der Waals surface area (Å²) in [4.78, 5) is 11.8. The van der Waals surface area contributed by atoms with E-state index in [1.54, 1.807) is 0 Å². The van der Waals surface area contributed by atoms with Crippen molar-refractivity contribution in [3.05, 3.63) is 28.8 Å². The lowest BCUT2D eigenvalue weighted by molar-refractivity contribution is 0.183. The van der Waals surface area contributed by atoms with E-state index in [-0.39, 0.29) is 6.04 Å². The Labute approximate surface area is 154 Å². The van der Waals surface area contributed by atoms with Crippen LogP contribution < -0.4 is 10.2 Å². The topological polar surface area (TPSA) is 76.3 Å². The third kappa shape index (κ3) is 3.53. The lowest BCUT2D eigenvalue weighted by Crippen LogP contribution is -2.31. The first kappa shape index (κ1) is 17.3. The summed E-state index contributed by atoms with van der Waals surface area (Å²) < 4.78 is 11.1. The summed E-state index contributed by atoms with van der Waals surface area (Å²) in [7, 11) is 0. The highest BCUT2D eigenvalue weighted by Gasteiger charge is 2.30. The number of nitrogens with zero attached hydrogens (tertiary/aromatic N) is 4. The lowest BCUT2D eigenvalue weighted by atomic mass is 9.98. The molecule has 2 fully saturated rings. The van der Waals surface area contributed by atoms with Gasteiger partial charge in [-0.05, 0) is 33.6 Å². The van der Waals surface area contributed by atoms with Gasteiger partial charge in [0, 0.05) is 42.8 Å². The first-order chi connectivity index (χ1) is 12.6. The predicted molar refractivity (Wildman–Crippen MR) is 99.6 cm³/mol. The van der Waals surface area contributed by atoms with Crippen LogP contribution in [0.5, 0.6) is 0 Å². The van der Waals surface area contributed by atoms with E-state index in [4.69, 9.17) is 19.2 Å². The summed E-state index contributed by atoms with van der Waals surface area (Å²) in [5, 5.41) is 7.61. The number of nitrogens with one attached hydrogen (secondary N) is 1. The molecule has 0 aliphatic carbocycles. The molecular weight excluding hydrogens is 330 g/mol. The fraction of sp³-hybridized carbons (Fsp3) is 0.632. The van der Waals surface area contributed by atoms with Gasteiger partial charge < -0.3 is 19.5 Å². The van der Waals surface area contributed by atoms with E-state index < -0.39 is 0 Å². The van der Waals surface area contributed by atoms with Gasteiger partial charge >= 0.3 is 0 Å². The summed E-state index contributed by atoms with van der Waals surface area (Å²) in [6.45, 7) is 9.57. The molecule has 0 bridgehead atoms. The number of hydrogen-bond acceptors (Lipinski definition) is 7. The van der Waals surface area contributed by atoms with E-state index in [0.29, 0.717) is 12.5 Å². The Hall–Kier alpha value is -2.15. The third-order valence-corrected chi connectivity index (χ3v) is 5.43. The highest BCUT2D eigenvalue weighted by molar-refractivity contribution is 5.51. The Balaban J connectivity index is 1.51. The minimum Gasteiger partial charge on any atom is -0.379 e. The Morgan fingerprint density at radius 3 is 2.69 bits per heavy atom. The number of ether oxygens (including phenoxy) is 1. The molecule has 2 aromatic rings. The fourth-order valence-electron chi connectivity index (χ4n) is 3.72. The number of aromatic nitrogens is 3. The van der Waals surface area contributed by atoms with Gasteiger partial charge in [-0.2, -0.15) is 4.98 Å². The number of rotatable bonds is 5. The molecule has 0 amide bonds. The van der Waals surface area contributed by atoms with Crippen molar-refractivity contribution in [2.75, 3.05) is 36.5 Å². The van der Waals surface area contributed by atoms with Gasteiger partial charge in [0.1, 0.15) is 11.6 Å². The molecule has 7 heteroatoms. The van der Waals surface area contributed by atoms with Crippen LogP contribution in [0.25, 0.3) is 0 Å². The maximum absolute atomic E-state index is 5.74. The van der Waals surface area contributed by atoms with Crippen LogP contribution in [-0.4, -0.2) is 47.5 Å². The smallest absolute Gasteiger partial charge is 0.227 e. The Morgan fingerprint density at radius 2 is 1.96 bits per heavy atom. The van der Waals surface area contributed by atoms with E-state index >= 15 is 0 Å². The summed E-state index contributed by atoms with van der Waals surface area (Å²) in [5.41, 5.74) is 3.06. The van der Waals surface area contributed by atoms with Crippen LogP contribution in [-0.2, 0) is 11.2 Å². The van der Waals surface area contributed by atoms with E-state index in [0.717, 1.165) is 60.6 Å². The Bertz CT molecular complexity index is 769. The first-order valence-corrected chi connectivity index (χ1v) is 9.47. The lowest BCUT2D eigenvalue weighted by Gasteiger charge is -2.23. The summed E-state index contributed by atoms with van der Waals surface area (Å²) in [6, 6.07) is 2.21. The zero-order chi connectivity index (χ0) is 18.1.